The van der Waals surface area contributed by atoms with Crippen LogP contribution in [0.3, 0.4) is 0 Å². The monoisotopic (exact) mass is 377 g/mol. The second kappa shape index (κ2) is 9.10. The zero-order valence-corrected chi connectivity index (χ0v) is 15.5. The zero-order valence-electron chi connectivity index (χ0n) is 14.7. The van der Waals surface area contributed by atoms with Gasteiger partial charge in [0.15, 0.2) is 6.10 Å². The van der Waals surface area contributed by atoms with Crippen LogP contribution in [0.5, 0.6) is 11.5 Å². The van der Waals surface area contributed by atoms with Crippen molar-refractivity contribution < 1.29 is 23.8 Å². The van der Waals surface area contributed by atoms with Crippen molar-refractivity contribution in [3.63, 3.8) is 0 Å². The van der Waals surface area contributed by atoms with Crippen molar-refractivity contribution in [3.05, 3.63) is 53.1 Å². The third-order valence-corrected chi connectivity index (χ3v) is 3.78. The van der Waals surface area contributed by atoms with Gasteiger partial charge >= 0.3 is 5.97 Å². The van der Waals surface area contributed by atoms with Gasteiger partial charge in [-0.05, 0) is 44.2 Å². The largest absolute Gasteiger partial charge is 0.497 e. The van der Waals surface area contributed by atoms with Crippen LogP contribution < -0.4 is 14.8 Å². The van der Waals surface area contributed by atoms with E-state index in [1.807, 2.05) is 0 Å². The molecule has 0 aromatic heterocycles. The van der Waals surface area contributed by atoms with Gasteiger partial charge in [0.2, 0.25) is 0 Å². The van der Waals surface area contributed by atoms with Crippen molar-refractivity contribution in [3.8, 4) is 11.5 Å². The van der Waals surface area contributed by atoms with Gasteiger partial charge in [0.25, 0.3) is 5.91 Å². The lowest BCUT2D eigenvalue weighted by atomic mass is 10.2. The molecule has 0 aliphatic rings. The second-order valence-corrected chi connectivity index (χ2v) is 5.75. The average Bonchev–Trinajstić information content (AvgIpc) is 2.63. The number of nitrogens with one attached hydrogen (secondary N) is 1. The molecular weight excluding hydrogens is 358 g/mol. The predicted molar refractivity (Wildman–Crippen MR) is 99.1 cm³/mol. The summed E-state index contributed by atoms with van der Waals surface area (Å²) in [7, 11) is 1.55. The summed E-state index contributed by atoms with van der Waals surface area (Å²) in [4.78, 5) is 24.2. The molecule has 0 saturated carbocycles. The molecule has 1 atom stereocenters. The van der Waals surface area contributed by atoms with E-state index in [0.29, 0.717) is 17.2 Å². The number of anilines is 1. The summed E-state index contributed by atoms with van der Waals surface area (Å²) in [6.45, 7) is 3.56. The highest BCUT2D eigenvalue weighted by Crippen LogP contribution is 2.23. The number of hydrogen-bond acceptors (Lipinski definition) is 5. The Balaban J connectivity index is 2.06. The highest BCUT2D eigenvalue weighted by Gasteiger charge is 2.17. The fraction of sp³-hybridized carbons (Fsp3) is 0.263. The van der Waals surface area contributed by atoms with E-state index >= 15 is 0 Å². The normalized spacial score (nSPS) is 11.4. The Bertz CT molecular complexity index is 793. The summed E-state index contributed by atoms with van der Waals surface area (Å²) in [5, 5.41) is 2.95. The fourth-order valence-electron chi connectivity index (χ4n) is 2.14. The van der Waals surface area contributed by atoms with Crippen LogP contribution in [0.1, 0.15) is 24.2 Å². The van der Waals surface area contributed by atoms with Gasteiger partial charge in [-0.15, -0.1) is 0 Å². The second-order valence-electron chi connectivity index (χ2n) is 5.34. The molecule has 7 heteroatoms. The van der Waals surface area contributed by atoms with Gasteiger partial charge in [-0.2, -0.15) is 0 Å². The Morgan fingerprint density at radius 3 is 2.58 bits per heavy atom. The minimum Gasteiger partial charge on any atom is -0.497 e. The van der Waals surface area contributed by atoms with Crippen LogP contribution in [0.2, 0.25) is 5.02 Å². The van der Waals surface area contributed by atoms with E-state index in [-0.39, 0.29) is 23.1 Å². The summed E-state index contributed by atoms with van der Waals surface area (Å²) >= 11 is 6.01. The number of benzene rings is 2. The molecule has 0 bridgehead atoms. The fourth-order valence-corrected chi connectivity index (χ4v) is 2.34. The Morgan fingerprint density at radius 1 is 1.15 bits per heavy atom. The van der Waals surface area contributed by atoms with Crippen LogP contribution in [0, 0.1) is 0 Å². The van der Waals surface area contributed by atoms with Gasteiger partial charge in [-0.1, -0.05) is 17.7 Å². The number of carbonyl (C=O) groups excluding carboxylic acids is 2. The van der Waals surface area contributed by atoms with Gasteiger partial charge in [0, 0.05) is 11.8 Å². The number of esters is 1. The lowest BCUT2D eigenvalue weighted by Gasteiger charge is -2.16. The number of halogens is 1. The third kappa shape index (κ3) is 5.13. The highest BCUT2D eigenvalue weighted by molar-refractivity contribution is 6.33. The molecular formula is C19H20ClNO5. The average molecular weight is 378 g/mol. The minimum atomic E-state index is -0.760. The zero-order chi connectivity index (χ0) is 19.1. The predicted octanol–water partition coefficient (Wildman–Crippen LogP) is 3.93. The Labute approximate surface area is 157 Å². The molecule has 0 aliphatic heterocycles. The molecule has 6 nitrogen and oxygen atoms in total. The Morgan fingerprint density at radius 2 is 1.88 bits per heavy atom. The first-order chi connectivity index (χ1) is 12.4. The van der Waals surface area contributed by atoms with Crippen LogP contribution in [0.4, 0.5) is 5.69 Å². The molecule has 26 heavy (non-hydrogen) atoms. The molecule has 0 fully saturated rings. The summed E-state index contributed by atoms with van der Waals surface area (Å²) in [6.07, 6.45) is -0.760. The number of amides is 1. The maximum atomic E-state index is 12.3. The number of hydrogen-bond donors (Lipinski definition) is 1. The molecule has 0 spiro atoms. The molecule has 1 N–H and O–H groups in total. The molecule has 0 unspecified atom stereocenters. The van der Waals surface area contributed by atoms with E-state index in [9.17, 15) is 9.59 Å². The van der Waals surface area contributed by atoms with Gasteiger partial charge in [-0.25, -0.2) is 4.79 Å². The molecule has 2 aromatic rings. The number of carbonyl (C=O) groups is 2. The topological polar surface area (TPSA) is 73.9 Å². The first-order valence-corrected chi connectivity index (χ1v) is 8.40. The van der Waals surface area contributed by atoms with Crippen LogP contribution in [0.25, 0.3) is 0 Å². The van der Waals surface area contributed by atoms with E-state index in [2.05, 4.69) is 5.32 Å². The quantitative estimate of drug-likeness (QED) is 0.740. The van der Waals surface area contributed by atoms with Gasteiger partial charge < -0.3 is 19.5 Å². The van der Waals surface area contributed by atoms with Gasteiger partial charge in [0.1, 0.15) is 11.5 Å². The summed E-state index contributed by atoms with van der Waals surface area (Å²) in [5.41, 5.74) is 0.608. The highest BCUT2D eigenvalue weighted by atomic mass is 35.5. The molecule has 2 rings (SSSR count). The van der Waals surface area contributed by atoms with E-state index in [0.717, 1.165) is 0 Å². The molecule has 0 heterocycles. The third-order valence-electron chi connectivity index (χ3n) is 3.45. The van der Waals surface area contributed by atoms with Crippen molar-refractivity contribution in [1.29, 1.82) is 0 Å². The maximum Gasteiger partial charge on any atom is 0.339 e. The molecule has 0 radical (unpaired) electrons. The Kier molecular flexibility index (Phi) is 6.86. The first-order valence-electron chi connectivity index (χ1n) is 8.02. The van der Waals surface area contributed by atoms with E-state index in [4.69, 9.17) is 25.8 Å². The smallest absolute Gasteiger partial charge is 0.339 e. The number of ether oxygens (including phenoxy) is 3. The van der Waals surface area contributed by atoms with Crippen LogP contribution >= 0.6 is 11.6 Å². The molecule has 1 amide bonds. The molecule has 2 aromatic carbocycles. The molecule has 0 saturated heterocycles. The minimum absolute atomic E-state index is 0.188. The van der Waals surface area contributed by atoms with Crippen molar-refractivity contribution in [2.45, 2.75) is 20.0 Å². The number of rotatable bonds is 7. The number of methoxy groups -OCH3 is 1. The lowest BCUT2D eigenvalue weighted by molar-refractivity contribution is -0.122. The van der Waals surface area contributed by atoms with E-state index in [1.54, 1.807) is 51.3 Å². The van der Waals surface area contributed by atoms with Crippen LogP contribution in [-0.2, 0) is 9.53 Å². The first kappa shape index (κ1) is 19.6. The van der Waals surface area contributed by atoms with Crippen molar-refractivity contribution >= 4 is 29.2 Å². The Hall–Kier alpha value is -2.73. The van der Waals surface area contributed by atoms with Crippen molar-refractivity contribution in [1.82, 2.24) is 0 Å². The summed E-state index contributed by atoms with van der Waals surface area (Å²) in [6, 6.07) is 11.6. The van der Waals surface area contributed by atoms with Crippen LogP contribution in [-0.4, -0.2) is 31.7 Å². The van der Waals surface area contributed by atoms with Crippen molar-refractivity contribution in [2.75, 3.05) is 19.0 Å². The summed E-state index contributed by atoms with van der Waals surface area (Å²) in [5.74, 6) is 0.224. The SMILES string of the molecule is CCOC(=O)c1cc(NC(=O)[C@@H](C)Oc2cccc(OC)c2)ccc1Cl. The van der Waals surface area contributed by atoms with Gasteiger partial charge in [-0.3, -0.25) is 4.79 Å². The lowest BCUT2D eigenvalue weighted by Crippen LogP contribution is -2.30. The van der Waals surface area contributed by atoms with Crippen LogP contribution in [0.15, 0.2) is 42.5 Å². The van der Waals surface area contributed by atoms with Crippen molar-refractivity contribution in [2.24, 2.45) is 0 Å². The maximum absolute atomic E-state index is 12.3. The molecule has 138 valence electrons. The van der Waals surface area contributed by atoms with E-state index in [1.165, 1.54) is 12.1 Å². The standard InChI is InChI=1S/C19H20ClNO5/c1-4-25-19(23)16-10-13(8-9-17(16)20)21-18(22)12(2)26-15-7-5-6-14(11-15)24-3/h5-12H,4H2,1-3H3,(H,21,22)/t12-/m1/s1. The van der Waals surface area contributed by atoms with E-state index < -0.39 is 12.1 Å². The summed E-state index contributed by atoms with van der Waals surface area (Å²) < 4.78 is 15.7. The van der Waals surface area contributed by atoms with Gasteiger partial charge in [0.05, 0.1) is 24.3 Å². The molecule has 0 aliphatic carbocycles.